The van der Waals surface area contributed by atoms with E-state index in [1.807, 2.05) is 19.9 Å². The third-order valence-electron chi connectivity index (χ3n) is 3.25. The van der Waals surface area contributed by atoms with E-state index < -0.39 is 5.91 Å². The first-order chi connectivity index (χ1) is 9.99. The Bertz CT molecular complexity index is 696. The minimum absolute atomic E-state index is 0.0106. The fourth-order valence-electron chi connectivity index (χ4n) is 1.90. The summed E-state index contributed by atoms with van der Waals surface area (Å²) in [4.78, 5) is 23.9. The van der Waals surface area contributed by atoms with E-state index in [-0.39, 0.29) is 17.2 Å². The van der Waals surface area contributed by atoms with Crippen molar-refractivity contribution in [2.24, 2.45) is 0 Å². The van der Waals surface area contributed by atoms with Gasteiger partial charge in [-0.1, -0.05) is 18.2 Å². The SMILES string of the molecule is Cc1cccc(C(=O)NNC(=O)c2cccc(O)c2)c1C. The Morgan fingerprint density at radius 2 is 1.62 bits per heavy atom. The smallest absolute Gasteiger partial charge is 0.269 e. The van der Waals surface area contributed by atoms with Crippen LogP contribution in [-0.2, 0) is 0 Å². The van der Waals surface area contributed by atoms with Gasteiger partial charge in [-0.15, -0.1) is 0 Å². The lowest BCUT2D eigenvalue weighted by Crippen LogP contribution is -2.41. The number of aromatic hydroxyl groups is 1. The number of hydrogen-bond acceptors (Lipinski definition) is 3. The van der Waals surface area contributed by atoms with Crippen LogP contribution in [0.1, 0.15) is 31.8 Å². The molecule has 0 saturated carbocycles. The molecule has 0 aliphatic rings. The number of phenolic OH excluding ortho intramolecular Hbond substituents is 1. The maximum Gasteiger partial charge on any atom is 0.269 e. The molecule has 0 spiro atoms. The van der Waals surface area contributed by atoms with E-state index in [1.165, 1.54) is 12.1 Å². The lowest BCUT2D eigenvalue weighted by molar-refractivity contribution is 0.0846. The zero-order chi connectivity index (χ0) is 15.4. The number of aryl methyl sites for hydroxylation is 1. The molecule has 0 aromatic heterocycles. The Hall–Kier alpha value is -2.82. The lowest BCUT2D eigenvalue weighted by atomic mass is 10.0. The van der Waals surface area contributed by atoms with Crippen molar-refractivity contribution < 1.29 is 14.7 Å². The molecule has 0 bridgehead atoms. The number of carbonyl (C=O) groups is 2. The molecular formula is C16H16N2O3. The molecule has 2 aromatic rings. The largest absolute Gasteiger partial charge is 0.508 e. The first-order valence-electron chi connectivity index (χ1n) is 6.45. The molecule has 0 aliphatic carbocycles. The summed E-state index contributed by atoms with van der Waals surface area (Å²) in [6.45, 7) is 3.76. The van der Waals surface area contributed by atoms with Crippen molar-refractivity contribution in [3.05, 3.63) is 64.7 Å². The van der Waals surface area contributed by atoms with Crippen LogP contribution in [0.15, 0.2) is 42.5 Å². The first-order valence-corrected chi connectivity index (χ1v) is 6.45. The van der Waals surface area contributed by atoms with Crippen molar-refractivity contribution in [2.75, 3.05) is 0 Å². The average molecular weight is 284 g/mol. The summed E-state index contributed by atoms with van der Waals surface area (Å²) >= 11 is 0. The van der Waals surface area contributed by atoms with Crippen molar-refractivity contribution in [1.29, 1.82) is 0 Å². The van der Waals surface area contributed by atoms with Gasteiger partial charge in [-0.3, -0.25) is 20.4 Å². The van der Waals surface area contributed by atoms with Crippen LogP contribution in [0.2, 0.25) is 0 Å². The van der Waals surface area contributed by atoms with Gasteiger partial charge in [0.05, 0.1) is 0 Å². The second-order valence-corrected chi connectivity index (χ2v) is 4.71. The zero-order valence-corrected chi connectivity index (χ0v) is 11.8. The van der Waals surface area contributed by atoms with Crippen LogP contribution >= 0.6 is 0 Å². The van der Waals surface area contributed by atoms with Crippen LogP contribution < -0.4 is 10.9 Å². The van der Waals surface area contributed by atoms with E-state index in [4.69, 9.17) is 0 Å². The Morgan fingerprint density at radius 3 is 2.33 bits per heavy atom. The van der Waals surface area contributed by atoms with Crippen molar-refractivity contribution in [3.8, 4) is 5.75 Å². The van der Waals surface area contributed by atoms with Crippen LogP contribution in [0.3, 0.4) is 0 Å². The molecule has 0 aliphatic heterocycles. The summed E-state index contributed by atoms with van der Waals surface area (Å²) in [5.41, 5.74) is 7.32. The second-order valence-electron chi connectivity index (χ2n) is 4.71. The minimum atomic E-state index is -0.496. The first kappa shape index (κ1) is 14.6. The summed E-state index contributed by atoms with van der Waals surface area (Å²) in [6.07, 6.45) is 0. The number of carbonyl (C=O) groups excluding carboxylic acids is 2. The number of nitrogens with one attached hydrogen (secondary N) is 2. The Labute approximate surface area is 122 Å². The summed E-state index contributed by atoms with van der Waals surface area (Å²) in [5.74, 6) is -0.891. The topological polar surface area (TPSA) is 78.4 Å². The average Bonchev–Trinajstić information content (AvgIpc) is 2.47. The van der Waals surface area contributed by atoms with Crippen LogP contribution in [-0.4, -0.2) is 16.9 Å². The Balaban J connectivity index is 2.04. The highest BCUT2D eigenvalue weighted by Crippen LogP contribution is 2.12. The van der Waals surface area contributed by atoms with Gasteiger partial charge >= 0.3 is 0 Å². The molecule has 0 heterocycles. The van der Waals surface area contributed by atoms with Gasteiger partial charge in [0, 0.05) is 11.1 Å². The zero-order valence-electron chi connectivity index (χ0n) is 11.8. The highest BCUT2D eigenvalue weighted by atomic mass is 16.3. The molecule has 0 fully saturated rings. The van der Waals surface area contributed by atoms with Gasteiger partial charge in [0.25, 0.3) is 11.8 Å². The van der Waals surface area contributed by atoms with Crippen LogP contribution in [0.5, 0.6) is 5.75 Å². The van der Waals surface area contributed by atoms with Gasteiger partial charge in [0.1, 0.15) is 5.75 Å². The molecule has 0 atom stereocenters. The van der Waals surface area contributed by atoms with Crippen LogP contribution in [0.4, 0.5) is 0 Å². The van der Waals surface area contributed by atoms with E-state index >= 15 is 0 Å². The van der Waals surface area contributed by atoms with Crippen molar-refractivity contribution in [3.63, 3.8) is 0 Å². The molecule has 3 N–H and O–H groups in total. The van der Waals surface area contributed by atoms with Gasteiger partial charge in [-0.2, -0.15) is 0 Å². The third-order valence-corrected chi connectivity index (χ3v) is 3.25. The highest BCUT2D eigenvalue weighted by molar-refractivity contribution is 6.00. The minimum Gasteiger partial charge on any atom is -0.508 e. The molecule has 2 amide bonds. The number of amides is 2. The van der Waals surface area contributed by atoms with Crippen molar-refractivity contribution in [2.45, 2.75) is 13.8 Å². The third kappa shape index (κ3) is 3.39. The lowest BCUT2D eigenvalue weighted by Gasteiger charge is -2.10. The van der Waals surface area contributed by atoms with E-state index in [1.54, 1.807) is 24.3 Å². The van der Waals surface area contributed by atoms with Crippen molar-refractivity contribution in [1.82, 2.24) is 10.9 Å². The monoisotopic (exact) mass is 284 g/mol. The summed E-state index contributed by atoms with van der Waals surface area (Å²) in [5, 5.41) is 9.32. The van der Waals surface area contributed by atoms with Crippen molar-refractivity contribution >= 4 is 11.8 Å². The maximum atomic E-state index is 12.0. The molecular weight excluding hydrogens is 268 g/mol. The van der Waals surface area contributed by atoms with E-state index in [9.17, 15) is 14.7 Å². The predicted octanol–water partition coefficient (Wildman–Crippen LogP) is 2.08. The summed E-state index contributed by atoms with van der Waals surface area (Å²) in [7, 11) is 0. The summed E-state index contributed by atoms with van der Waals surface area (Å²) in [6, 6.07) is 11.3. The Kier molecular flexibility index (Phi) is 4.23. The molecule has 2 rings (SSSR count). The molecule has 2 aromatic carbocycles. The highest BCUT2D eigenvalue weighted by Gasteiger charge is 2.12. The van der Waals surface area contributed by atoms with E-state index in [0.717, 1.165) is 11.1 Å². The molecule has 5 nitrogen and oxygen atoms in total. The molecule has 108 valence electrons. The van der Waals surface area contributed by atoms with Gasteiger partial charge in [0.15, 0.2) is 0 Å². The number of hydrazine groups is 1. The number of phenols is 1. The van der Waals surface area contributed by atoms with E-state index in [2.05, 4.69) is 10.9 Å². The van der Waals surface area contributed by atoms with Crippen LogP contribution in [0, 0.1) is 13.8 Å². The molecule has 0 radical (unpaired) electrons. The molecule has 0 saturated heterocycles. The van der Waals surface area contributed by atoms with E-state index in [0.29, 0.717) is 5.56 Å². The molecule has 21 heavy (non-hydrogen) atoms. The predicted molar refractivity (Wildman–Crippen MR) is 79.0 cm³/mol. The van der Waals surface area contributed by atoms with Crippen LogP contribution in [0.25, 0.3) is 0 Å². The standard InChI is InChI=1S/C16H16N2O3/c1-10-5-3-8-14(11(10)2)16(21)18-17-15(20)12-6-4-7-13(19)9-12/h3-9,19H,1-2H3,(H,17,20)(H,18,21). The second kappa shape index (κ2) is 6.09. The number of benzene rings is 2. The van der Waals surface area contributed by atoms with Gasteiger partial charge in [0.2, 0.25) is 0 Å². The van der Waals surface area contributed by atoms with Gasteiger partial charge in [-0.05, 0) is 49.2 Å². The fraction of sp³-hybridized carbons (Fsp3) is 0.125. The molecule has 0 unspecified atom stereocenters. The maximum absolute atomic E-state index is 12.0. The molecule has 5 heteroatoms. The number of hydrogen-bond donors (Lipinski definition) is 3. The fourth-order valence-corrected chi connectivity index (χ4v) is 1.90. The number of rotatable bonds is 2. The quantitative estimate of drug-likeness (QED) is 0.739. The van der Waals surface area contributed by atoms with Gasteiger partial charge < -0.3 is 5.11 Å². The summed E-state index contributed by atoms with van der Waals surface area (Å²) < 4.78 is 0. The Morgan fingerprint density at radius 1 is 0.952 bits per heavy atom. The van der Waals surface area contributed by atoms with Gasteiger partial charge in [-0.25, -0.2) is 0 Å². The normalized spacial score (nSPS) is 10.0.